The van der Waals surface area contributed by atoms with Crippen LogP contribution in [0.15, 0.2) is 12.1 Å². The molecule has 7 nitrogen and oxygen atoms in total. The molecule has 0 bridgehead atoms. The first-order chi connectivity index (χ1) is 9.60. The molecular weight excluding hydrogens is 258 g/mol. The highest BCUT2D eigenvalue weighted by Crippen LogP contribution is 2.13. The normalized spacial score (nSPS) is 17.9. The van der Waals surface area contributed by atoms with Gasteiger partial charge in [-0.15, -0.1) is 10.2 Å². The van der Waals surface area contributed by atoms with Gasteiger partial charge in [-0.2, -0.15) is 0 Å². The molecule has 0 unspecified atom stereocenters. The third-order valence-corrected chi connectivity index (χ3v) is 3.33. The summed E-state index contributed by atoms with van der Waals surface area (Å²) in [5.41, 5.74) is 0.323. The van der Waals surface area contributed by atoms with Gasteiger partial charge in [0.1, 0.15) is 0 Å². The van der Waals surface area contributed by atoms with Crippen LogP contribution in [0.25, 0.3) is 0 Å². The van der Waals surface area contributed by atoms with Gasteiger partial charge in [0, 0.05) is 39.8 Å². The Morgan fingerprint density at radius 2 is 2.05 bits per heavy atom. The van der Waals surface area contributed by atoms with Crippen LogP contribution in [0.3, 0.4) is 0 Å². The lowest BCUT2D eigenvalue weighted by atomic mass is 10.2. The van der Waals surface area contributed by atoms with Gasteiger partial charge in [0.15, 0.2) is 11.5 Å². The zero-order valence-electron chi connectivity index (χ0n) is 11.9. The van der Waals surface area contributed by atoms with E-state index >= 15 is 0 Å². The first kappa shape index (κ1) is 14.7. The molecule has 0 aromatic carbocycles. The minimum Gasteiger partial charge on any atom is -0.392 e. The second kappa shape index (κ2) is 6.62. The Kier molecular flexibility index (Phi) is 4.86. The summed E-state index contributed by atoms with van der Waals surface area (Å²) in [5, 5.41) is 19.9. The van der Waals surface area contributed by atoms with Crippen molar-refractivity contribution in [1.82, 2.24) is 20.4 Å². The quantitative estimate of drug-likeness (QED) is 0.761. The summed E-state index contributed by atoms with van der Waals surface area (Å²) in [7, 11) is 1.57. The molecule has 1 aliphatic heterocycles. The van der Waals surface area contributed by atoms with E-state index in [4.69, 9.17) is 0 Å². The third-order valence-electron chi connectivity index (χ3n) is 3.33. The van der Waals surface area contributed by atoms with Crippen molar-refractivity contribution in [3.63, 3.8) is 0 Å². The molecule has 1 aromatic rings. The van der Waals surface area contributed by atoms with Gasteiger partial charge in [-0.3, -0.25) is 9.69 Å². The van der Waals surface area contributed by atoms with E-state index in [-0.39, 0.29) is 12.0 Å². The fourth-order valence-corrected chi connectivity index (χ4v) is 2.28. The van der Waals surface area contributed by atoms with Crippen molar-refractivity contribution < 1.29 is 9.90 Å². The average Bonchev–Trinajstić information content (AvgIpc) is 2.47. The topological polar surface area (TPSA) is 81.6 Å². The highest BCUT2D eigenvalue weighted by molar-refractivity contribution is 5.91. The molecule has 0 radical (unpaired) electrons. The standard InChI is InChI=1S/C13H21N5O2/c1-10(19)9-17-5-7-18(8-6-17)12-4-3-11(15-16-12)13(20)14-2/h3-4,10,19H,5-9H2,1-2H3,(H,14,20)/t10-/m1/s1. The number of nitrogens with zero attached hydrogens (tertiary/aromatic N) is 4. The Labute approximate surface area is 118 Å². The third kappa shape index (κ3) is 3.64. The Hall–Kier alpha value is -1.73. The maximum Gasteiger partial charge on any atom is 0.271 e. The van der Waals surface area contributed by atoms with Gasteiger partial charge in [-0.25, -0.2) is 0 Å². The van der Waals surface area contributed by atoms with Crippen LogP contribution in [0.5, 0.6) is 0 Å². The van der Waals surface area contributed by atoms with Crippen molar-refractivity contribution in [3.05, 3.63) is 17.8 Å². The summed E-state index contributed by atoms with van der Waals surface area (Å²) < 4.78 is 0. The molecule has 20 heavy (non-hydrogen) atoms. The van der Waals surface area contributed by atoms with Crippen LogP contribution in [0.4, 0.5) is 5.82 Å². The first-order valence-electron chi connectivity index (χ1n) is 6.81. The van der Waals surface area contributed by atoms with E-state index in [1.54, 1.807) is 20.0 Å². The first-order valence-corrected chi connectivity index (χ1v) is 6.81. The second-order valence-corrected chi connectivity index (χ2v) is 4.99. The van der Waals surface area contributed by atoms with Crippen LogP contribution >= 0.6 is 0 Å². The number of anilines is 1. The van der Waals surface area contributed by atoms with Gasteiger partial charge in [-0.1, -0.05) is 0 Å². The number of aliphatic hydroxyl groups excluding tert-OH is 1. The SMILES string of the molecule is CNC(=O)c1ccc(N2CCN(C[C@@H](C)O)CC2)nn1. The number of rotatable bonds is 4. The van der Waals surface area contributed by atoms with E-state index in [2.05, 4.69) is 25.3 Å². The highest BCUT2D eigenvalue weighted by atomic mass is 16.3. The molecule has 2 N–H and O–H groups in total. The van der Waals surface area contributed by atoms with Crippen LogP contribution in [-0.4, -0.2) is 72.0 Å². The zero-order chi connectivity index (χ0) is 14.5. The molecule has 1 fully saturated rings. The number of aromatic nitrogens is 2. The molecule has 0 aliphatic carbocycles. The van der Waals surface area contributed by atoms with E-state index in [1.807, 2.05) is 6.07 Å². The van der Waals surface area contributed by atoms with Crippen molar-refractivity contribution in [3.8, 4) is 0 Å². The predicted octanol–water partition coefficient (Wildman–Crippen LogP) is -0.661. The van der Waals surface area contributed by atoms with E-state index in [0.29, 0.717) is 12.2 Å². The Balaban J connectivity index is 1.92. The van der Waals surface area contributed by atoms with Gasteiger partial charge in [0.2, 0.25) is 0 Å². The van der Waals surface area contributed by atoms with Crippen molar-refractivity contribution in [2.75, 3.05) is 44.7 Å². The molecule has 1 atom stereocenters. The monoisotopic (exact) mass is 279 g/mol. The number of hydrogen-bond acceptors (Lipinski definition) is 6. The van der Waals surface area contributed by atoms with Gasteiger partial charge in [0.05, 0.1) is 6.10 Å². The maximum absolute atomic E-state index is 11.4. The van der Waals surface area contributed by atoms with Crippen molar-refractivity contribution in [2.45, 2.75) is 13.0 Å². The summed E-state index contributed by atoms with van der Waals surface area (Å²) in [6.45, 7) is 5.99. The van der Waals surface area contributed by atoms with E-state index in [1.165, 1.54) is 0 Å². The summed E-state index contributed by atoms with van der Waals surface area (Å²) in [4.78, 5) is 15.8. The number of carbonyl (C=O) groups is 1. The number of carbonyl (C=O) groups excluding carboxylic acids is 1. The number of nitrogens with one attached hydrogen (secondary N) is 1. The fourth-order valence-electron chi connectivity index (χ4n) is 2.28. The summed E-state index contributed by atoms with van der Waals surface area (Å²) in [6, 6.07) is 3.51. The molecule has 0 saturated carbocycles. The van der Waals surface area contributed by atoms with E-state index in [0.717, 1.165) is 32.0 Å². The van der Waals surface area contributed by atoms with Crippen LogP contribution in [0, 0.1) is 0 Å². The number of amides is 1. The van der Waals surface area contributed by atoms with Crippen LogP contribution in [0.1, 0.15) is 17.4 Å². The Morgan fingerprint density at radius 1 is 1.35 bits per heavy atom. The van der Waals surface area contributed by atoms with E-state index < -0.39 is 0 Å². The smallest absolute Gasteiger partial charge is 0.271 e. The summed E-state index contributed by atoms with van der Waals surface area (Å²) in [5.74, 6) is 0.556. The lowest BCUT2D eigenvalue weighted by Crippen LogP contribution is -2.48. The molecule has 110 valence electrons. The number of piperazine rings is 1. The Bertz CT molecular complexity index is 441. The van der Waals surface area contributed by atoms with Crippen molar-refractivity contribution >= 4 is 11.7 Å². The number of hydrogen-bond donors (Lipinski definition) is 2. The van der Waals surface area contributed by atoms with Gasteiger partial charge < -0.3 is 15.3 Å². The summed E-state index contributed by atoms with van der Waals surface area (Å²) >= 11 is 0. The lowest BCUT2D eigenvalue weighted by molar-refractivity contribution is 0.0957. The van der Waals surface area contributed by atoms with Crippen LogP contribution in [0.2, 0.25) is 0 Å². The second-order valence-electron chi connectivity index (χ2n) is 4.99. The zero-order valence-corrected chi connectivity index (χ0v) is 11.9. The number of β-amino-alcohol motifs (C(OH)–C–C–N with tert-alkyl or cyclic N) is 1. The van der Waals surface area contributed by atoms with Gasteiger partial charge >= 0.3 is 0 Å². The Morgan fingerprint density at radius 3 is 2.55 bits per heavy atom. The highest BCUT2D eigenvalue weighted by Gasteiger charge is 2.19. The molecule has 1 aliphatic rings. The van der Waals surface area contributed by atoms with Crippen LogP contribution < -0.4 is 10.2 Å². The largest absolute Gasteiger partial charge is 0.392 e. The molecule has 2 heterocycles. The molecule has 0 spiro atoms. The molecule has 2 rings (SSSR count). The minimum atomic E-state index is -0.298. The van der Waals surface area contributed by atoms with Gasteiger partial charge in [-0.05, 0) is 19.1 Å². The fraction of sp³-hybridized carbons (Fsp3) is 0.615. The minimum absolute atomic E-state index is 0.231. The molecule has 1 saturated heterocycles. The van der Waals surface area contributed by atoms with E-state index in [9.17, 15) is 9.90 Å². The average molecular weight is 279 g/mol. The predicted molar refractivity (Wildman–Crippen MR) is 75.8 cm³/mol. The summed E-state index contributed by atoms with van der Waals surface area (Å²) in [6.07, 6.45) is -0.298. The maximum atomic E-state index is 11.4. The van der Waals surface area contributed by atoms with Crippen LogP contribution in [-0.2, 0) is 0 Å². The van der Waals surface area contributed by atoms with Crippen molar-refractivity contribution in [1.29, 1.82) is 0 Å². The molecular formula is C13H21N5O2. The molecule has 7 heteroatoms. The molecule has 1 aromatic heterocycles. The van der Waals surface area contributed by atoms with Gasteiger partial charge in [0.25, 0.3) is 5.91 Å². The number of aliphatic hydroxyl groups is 1. The lowest BCUT2D eigenvalue weighted by Gasteiger charge is -2.35. The molecule has 1 amide bonds. The van der Waals surface area contributed by atoms with Crippen molar-refractivity contribution in [2.24, 2.45) is 0 Å².